The molecular weight excluding hydrogens is 510 g/mol. The van der Waals surface area contributed by atoms with E-state index in [0.29, 0.717) is 12.3 Å². The van der Waals surface area contributed by atoms with Crippen LogP contribution in [0.2, 0.25) is 0 Å². The zero-order valence-electron chi connectivity index (χ0n) is 25.1. The van der Waals surface area contributed by atoms with Crippen molar-refractivity contribution in [2.24, 2.45) is 5.92 Å². The van der Waals surface area contributed by atoms with Crippen LogP contribution in [0, 0.1) is 12.8 Å². The Morgan fingerprint density at radius 1 is 1.12 bits per heavy atom. The van der Waals surface area contributed by atoms with Crippen LogP contribution in [0.15, 0.2) is 60.8 Å². The highest BCUT2D eigenvalue weighted by Gasteiger charge is 2.28. The number of pyridine rings is 2. The van der Waals surface area contributed by atoms with E-state index < -0.39 is 5.60 Å². The summed E-state index contributed by atoms with van der Waals surface area (Å²) in [5.41, 5.74) is 5.81. The number of fused-ring (bicyclic) bond motifs is 1. The Balaban J connectivity index is 1.28. The van der Waals surface area contributed by atoms with Crippen LogP contribution in [-0.4, -0.2) is 55.9 Å². The number of ether oxygens (including phenoxy) is 1. The van der Waals surface area contributed by atoms with E-state index in [2.05, 4.69) is 65.3 Å². The van der Waals surface area contributed by atoms with Crippen molar-refractivity contribution in [3.63, 3.8) is 0 Å². The highest BCUT2D eigenvalue weighted by atomic mass is 16.6. The zero-order chi connectivity index (χ0) is 29.0. The molecule has 1 aromatic carbocycles. The van der Waals surface area contributed by atoms with Crippen LogP contribution >= 0.6 is 0 Å². The van der Waals surface area contributed by atoms with Crippen LogP contribution in [0.1, 0.15) is 75.5 Å². The molecule has 7 heteroatoms. The first kappa shape index (κ1) is 28.9. The molecule has 1 aliphatic rings. The number of benzene rings is 1. The Labute approximate surface area is 244 Å². The Hall–Kier alpha value is -3.58. The summed E-state index contributed by atoms with van der Waals surface area (Å²) in [5, 5.41) is 5.82. The molecule has 4 aromatic rings. The SMILES string of the molecule is CCc1cc(C)nn1-c1cccc(C(CC(=O)OC(C)(C)C)CN2CC[C@@H](CCc3ccc4cccnc4n3)C2)c1. The topological polar surface area (TPSA) is 73.1 Å². The molecule has 0 N–H and O–H groups in total. The van der Waals surface area contributed by atoms with E-state index in [1.165, 1.54) is 5.69 Å². The van der Waals surface area contributed by atoms with Crippen LogP contribution in [0.3, 0.4) is 0 Å². The summed E-state index contributed by atoms with van der Waals surface area (Å²) in [5.74, 6) is 0.506. The molecule has 0 radical (unpaired) electrons. The molecule has 7 nitrogen and oxygen atoms in total. The number of carbonyl (C=O) groups excluding carboxylic acids is 1. The number of esters is 1. The van der Waals surface area contributed by atoms with Crippen molar-refractivity contribution in [1.82, 2.24) is 24.6 Å². The monoisotopic (exact) mass is 553 g/mol. The standard InChI is InChI=1S/C34H43N5O2/c1-6-30-19-24(2)37-39(30)31-11-7-9-27(20-31)28(21-32(40)41-34(3,4)5)23-38-18-16-25(22-38)12-14-29-15-13-26-10-8-17-35-33(26)36-29/h7-11,13,15,17,19-20,25,28H,6,12,14,16,18,21-23H2,1-5H3/t25-,28?/m1/s1. The van der Waals surface area contributed by atoms with E-state index in [0.717, 1.165) is 79.0 Å². The molecule has 0 aliphatic carbocycles. The van der Waals surface area contributed by atoms with E-state index in [9.17, 15) is 4.79 Å². The van der Waals surface area contributed by atoms with E-state index in [-0.39, 0.29) is 11.9 Å². The van der Waals surface area contributed by atoms with Crippen LogP contribution in [0.4, 0.5) is 0 Å². The molecule has 0 amide bonds. The Kier molecular flexibility index (Phi) is 8.83. The summed E-state index contributed by atoms with van der Waals surface area (Å²) < 4.78 is 7.79. The van der Waals surface area contributed by atoms with Crippen molar-refractivity contribution >= 4 is 17.0 Å². The summed E-state index contributed by atoms with van der Waals surface area (Å²) >= 11 is 0. The Morgan fingerprint density at radius 2 is 1.98 bits per heavy atom. The van der Waals surface area contributed by atoms with Gasteiger partial charge in [0.15, 0.2) is 5.65 Å². The van der Waals surface area contributed by atoms with Crippen molar-refractivity contribution in [2.75, 3.05) is 19.6 Å². The van der Waals surface area contributed by atoms with Crippen molar-refractivity contribution in [1.29, 1.82) is 0 Å². The average Bonchev–Trinajstić information content (AvgIpc) is 3.56. The molecule has 1 fully saturated rings. The van der Waals surface area contributed by atoms with Gasteiger partial charge in [-0.15, -0.1) is 0 Å². The van der Waals surface area contributed by atoms with Gasteiger partial charge in [-0.1, -0.05) is 19.1 Å². The maximum Gasteiger partial charge on any atom is 0.306 e. The molecule has 1 unspecified atom stereocenters. The number of hydrogen-bond acceptors (Lipinski definition) is 6. The van der Waals surface area contributed by atoms with Crippen LogP contribution in [0.25, 0.3) is 16.7 Å². The molecule has 41 heavy (non-hydrogen) atoms. The minimum Gasteiger partial charge on any atom is -0.460 e. The Bertz CT molecular complexity index is 1490. The molecular formula is C34H43N5O2. The molecule has 216 valence electrons. The molecule has 5 rings (SSSR count). The number of aryl methyl sites for hydroxylation is 3. The molecule has 2 atom stereocenters. The van der Waals surface area contributed by atoms with E-state index in [1.807, 2.05) is 38.4 Å². The molecule has 0 saturated carbocycles. The summed E-state index contributed by atoms with van der Waals surface area (Å²) in [6.07, 6.45) is 6.29. The summed E-state index contributed by atoms with van der Waals surface area (Å²) in [6, 6.07) is 18.9. The smallest absolute Gasteiger partial charge is 0.306 e. The minimum atomic E-state index is -0.503. The molecule has 0 spiro atoms. The van der Waals surface area contributed by atoms with Crippen LogP contribution < -0.4 is 0 Å². The van der Waals surface area contributed by atoms with Crippen molar-refractivity contribution in [3.8, 4) is 5.69 Å². The van der Waals surface area contributed by atoms with Gasteiger partial charge in [-0.3, -0.25) is 4.79 Å². The number of nitrogens with zero attached hydrogens (tertiary/aromatic N) is 5. The fraction of sp³-hybridized carbons (Fsp3) is 0.471. The molecule has 1 saturated heterocycles. The molecule has 3 aromatic heterocycles. The van der Waals surface area contributed by atoms with Crippen molar-refractivity contribution < 1.29 is 9.53 Å². The molecule has 4 heterocycles. The fourth-order valence-electron chi connectivity index (χ4n) is 5.92. The third-order valence-electron chi connectivity index (χ3n) is 7.87. The second-order valence-electron chi connectivity index (χ2n) is 12.4. The van der Waals surface area contributed by atoms with Gasteiger partial charge in [0.1, 0.15) is 5.60 Å². The zero-order valence-corrected chi connectivity index (χ0v) is 25.1. The van der Waals surface area contributed by atoms with E-state index in [4.69, 9.17) is 14.8 Å². The predicted molar refractivity (Wildman–Crippen MR) is 163 cm³/mol. The van der Waals surface area contributed by atoms with Gasteiger partial charge in [0.2, 0.25) is 0 Å². The first-order chi connectivity index (χ1) is 19.7. The molecule has 0 bridgehead atoms. The summed E-state index contributed by atoms with van der Waals surface area (Å²) in [6.45, 7) is 12.9. The van der Waals surface area contributed by atoms with Crippen LogP contribution in [-0.2, 0) is 22.4 Å². The first-order valence-electron chi connectivity index (χ1n) is 15.0. The van der Waals surface area contributed by atoms with Gasteiger partial charge in [-0.25, -0.2) is 14.6 Å². The lowest BCUT2D eigenvalue weighted by atomic mass is 9.94. The Morgan fingerprint density at radius 3 is 2.78 bits per heavy atom. The number of aromatic nitrogens is 4. The highest BCUT2D eigenvalue weighted by Crippen LogP contribution is 2.29. The average molecular weight is 554 g/mol. The second kappa shape index (κ2) is 12.5. The van der Waals surface area contributed by atoms with Gasteiger partial charge in [0.25, 0.3) is 0 Å². The van der Waals surface area contributed by atoms with Gasteiger partial charge in [-0.2, -0.15) is 5.10 Å². The summed E-state index contributed by atoms with van der Waals surface area (Å²) in [4.78, 5) is 24.7. The largest absolute Gasteiger partial charge is 0.460 e. The normalized spacial score (nSPS) is 16.8. The minimum absolute atomic E-state index is 0.0403. The van der Waals surface area contributed by atoms with Gasteiger partial charge < -0.3 is 9.64 Å². The first-order valence-corrected chi connectivity index (χ1v) is 15.0. The lowest BCUT2D eigenvalue weighted by Crippen LogP contribution is -2.30. The highest BCUT2D eigenvalue weighted by molar-refractivity contribution is 5.74. The second-order valence-corrected chi connectivity index (χ2v) is 12.4. The lowest BCUT2D eigenvalue weighted by molar-refractivity contribution is -0.155. The number of likely N-dealkylation sites (tertiary alicyclic amines) is 1. The van der Waals surface area contributed by atoms with Crippen molar-refractivity contribution in [2.45, 2.75) is 78.2 Å². The van der Waals surface area contributed by atoms with E-state index in [1.54, 1.807) is 6.20 Å². The van der Waals surface area contributed by atoms with Gasteiger partial charge in [0, 0.05) is 42.0 Å². The quantitative estimate of drug-likeness (QED) is 0.210. The van der Waals surface area contributed by atoms with Gasteiger partial charge in [-0.05, 0) is 114 Å². The predicted octanol–water partition coefficient (Wildman–Crippen LogP) is 6.46. The fourth-order valence-corrected chi connectivity index (χ4v) is 5.92. The maximum atomic E-state index is 13.0. The molecule has 1 aliphatic heterocycles. The number of carbonyl (C=O) groups is 1. The lowest BCUT2D eigenvalue weighted by Gasteiger charge is -2.26. The third kappa shape index (κ3) is 7.59. The number of hydrogen-bond donors (Lipinski definition) is 0. The third-order valence-corrected chi connectivity index (χ3v) is 7.87. The maximum absolute atomic E-state index is 13.0. The van der Waals surface area contributed by atoms with Gasteiger partial charge in [0.05, 0.1) is 17.8 Å². The number of rotatable bonds is 10. The summed E-state index contributed by atoms with van der Waals surface area (Å²) in [7, 11) is 0. The van der Waals surface area contributed by atoms with Gasteiger partial charge >= 0.3 is 5.97 Å². The van der Waals surface area contributed by atoms with Crippen LogP contribution in [0.5, 0.6) is 0 Å². The van der Waals surface area contributed by atoms with Crippen molar-refractivity contribution in [3.05, 3.63) is 83.4 Å². The van der Waals surface area contributed by atoms with E-state index >= 15 is 0 Å².